The fourth-order valence-electron chi connectivity index (χ4n) is 5.30. The van der Waals surface area contributed by atoms with Gasteiger partial charge in [-0.1, -0.05) is 57.6 Å². The number of fused-ring (bicyclic) bond motifs is 2. The van der Waals surface area contributed by atoms with Crippen molar-refractivity contribution >= 4 is 5.97 Å². The summed E-state index contributed by atoms with van der Waals surface area (Å²) in [4.78, 5) is 11.4. The molecule has 4 heteroatoms. The Morgan fingerprint density at radius 1 is 1.14 bits per heavy atom. The Hall–Kier alpha value is -1.55. The van der Waals surface area contributed by atoms with Crippen LogP contribution in [0.15, 0.2) is 18.2 Å². The first-order chi connectivity index (χ1) is 13.6. The average molecular weight is 389 g/mol. The number of unbranched alkanes of at least 4 members (excludes halogenated alkanes) is 5. The number of carbonyl (C=O) groups excluding carboxylic acids is 1. The van der Waals surface area contributed by atoms with E-state index in [1.54, 1.807) is 0 Å². The quantitative estimate of drug-likeness (QED) is 0.466. The maximum atomic E-state index is 11.4. The molecule has 0 heterocycles. The van der Waals surface area contributed by atoms with Crippen molar-refractivity contribution in [1.29, 1.82) is 0 Å². The van der Waals surface area contributed by atoms with E-state index in [4.69, 9.17) is 4.74 Å². The van der Waals surface area contributed by atoms with Gasteiger partial charge in [-0.25, -0.2) is 4.79 Å². The van der Waals surface area contributed by atoms with E-state index in [1.807, 2.05) is 12.1 Å². The molecule has 0 aromatic heterocycles. The fraction of sp³-hybridized carbons (Fsp3) is 0.708. The number of aliphatic hydroxyl groups is 1. The first-order valence-electron chi connectivity index (χ1n) is 11.1. The van der Waals surface area contributed by atoms with Gasteiger partial charge in [-0.05, 0) is 60.6 Å². The predicted octanol–water partition coefficient (Wildman–Crippen LogP) is 4.70. The maximum absolute atomic E-state index is 11.4. The molecule has 0 aliphatic heterocycles. The predicted molar refractivity (Wildman–Crippen MR) is 110 cm³/mol. The summed E-state index contributed by atoms with van der Waals surface area (Å²) in [5.41, 5.74) is 2.55. The van der Waals surface area contributed by atoms with Crippen LogP contribution < -0.4 is 4.74 Å². The number of aliphatic hydroxyl groups excluding tert-OH is 1. The molecule has 1 fully saturated rings. The summed E-state index contributed by atoms with van der Waals surface area (Å²) in [6.07, 6.45) is 11.7. The molecule has 0 amide bonds. The molecule has 1 saturated carbocycles. The van der Waals surface area contributed by atoms with Crippen molar-refractivity contribution in [2.24, 2.45) is 17.8 Å². The molecule has 0 spiro atoms. The molecule has 3 rings (SSSR count). The van der Waals surface area contributed by atoms with E-state index >= 15 is 0 Å². The van der Waals surface area contributed by atoms with Crippen LogP contribution in [0.2, 0.25) is 0 Å². The zero-order valence-corrected chi connectivity index (χ0v) is 17.5. The lowest BCUT2D eigenvalue weighted by molar-refractivity contribution is -0.142. The van der Waals surface area contributed by atoms with Crippen LogP contribution in [0.5, 0.6) is 5.75 Å². The van der Waals surface area contributed by atoms with Gasteiger partial charge in [-0.2, -0.15) is 0 Å². The molecule has 1 N–H and O–H groups in total. The lowest BCUT2D eigenvalue weighted by Gasteiger charge is -2.32. The summed E-state index contributed by atoms with van der Waals surface area (Å²) >= 11 is 0. The minimum absolute atomic E-state index is 0.0513. The van der Waals surface area contributed by atoms with Crippen molar-refractivity contribution in [2.45, 2.75) is 77.2 Å². The summed E-state index contributed by atoms with van der Waals surface area (Å²) in [5.74, 6) is 1.98. The van der Waals surface area contributed by atoms with Crippen LogP contribution in [0.3, 0.4) is 0 Å². The summed E-state index contributed by atoms with van der Waals surface area (Å²) in [6.45, 7) is 2.20. The average Bonchev–Trinajstić information content (AvgIpc) is 3.01. The normalized spacial score (nSPS) is 25.8. The molecule has 28 heavy (non-hydrogen) atoms. The number of esters is 1. The van der Waals surface area contributed by atoms with Gasteiger partial charge in [0.1, 0.15) is 5.75 Å². The fourth-order valence-corrected chi connectivity index (χ4v) is 5.30. The van der Waals surface area contributed by atoms with Gasteiger partial charge < -0.3 is 14.6 Å². The topological polar surface area (TPSA) is 55.8 Å². The van der Waals surface area contributed by atoms with Crippen LogP contribution in [0.1, 0.15) is 69.4 Å². The Labute approximate surface area is 169 Å². The minimum atomic E-state index is -0.360. The van der Waals surface area contributed by atoms with Crippen molar-refractivity contribution in [3.05, 3.63) is 29.3 Å². The molecular formula is C24H36O4. The Morgan fingerprint density at radius 2 is 1.93 bits per heavy atom. The van der Waals surface area contributed by atoms with E-state index in [-0.39, 0.29) is 18.7 Å². The van der Waals surface area contributed by atoms with Crippen molar-refractivity contribution in [3.63, 3.8) is 0 Å². The number of carbonyl (C=O) groups is 1. The van der Waals surface area contributed by atoms with Gasteiger partial charge in [0.2, 0.25) is 0 Å². The molecule has 1 aromatic rings. The second kappa shape index (κ2) is 10.3. The van der Waals surface area contributed by atoms with E-state index in [1.165, 1.54) is 56.8 Å². The van der Waals surface area contributed by atoms with Gasteiger partial charge in [-0.3, -0.25) is 0 Å². The van der Waals surface area contributed by atoms with Crippen LogP contribution in [0.25, 0.3) is 0 Å². The maximum Gasteiger partial charge on any atom is 0.343 e. The molecular weight excluding hydrogens is 352 g/mol. The van der Waals surface area contributed by atoms with Gasteiger partial charge >= 0.3 is 5.97 Å². The van der Waals surface area contributed by atoms with Gasteiger partial charge in [-0.15, -0.1) is 0 Å². The van der Waals surface area contributed by atoms with Crippen LogP contribution in [-0.2, 0) is 22.4 Å². The number of hydrogen-bond acceptors (Lipinski definition) is 4. The Kier molecular flexibility index (Phi) is 7.78. The number of methoxy groups -OCH3 is 1. The highest BCUT2D eigenvalue weighted by Crippen LogP contribution is 2.48. The lowest BCUT2D eigenvalue weighted by Crippen LogP contribution is -2.27. The van der Waals surface area contributed by atoms with Crippen LogP contribution >= 0.6 is 0 Å². The highest BCUT2D eigenvalue weighted by molar-refractivity contribution is 5.71. The Morgan fingerprint density at radius 3 is 2.71 bits per heavy atom. The molecule has 0 radical (unpaired) electrons. The van der Waals surface area contributed by atoms with Crippen LogP contribution in [0.4, 0.5) is 0 Å². The number of rotatable bonds is 10. The second-order valence-corrected chi connectivity index (χ2v) is 8.61. The molecule has 1 aromatic carbocycles. The number of ether oxygens (including phenoxy) is 2. The Bertz CT molecular complexity index is 641. The molecule has 4 atom stereocenters. The largest absolute Gasteiger partial charge is 0.482 e. The van der Waals surface area contributed by atoms with Gasteiger partial charge in [0.05, 0.1) is 13.2 Å². The highest BCUT2D eigenvalue weighted by Gasteiger charge is 2.44. The molecule has 156 valence electrons. The summed E-state index contributed by atoms with van der Waals surface area (Å²) in [6, 6.07) is 6.14. The first-order valence-corrected chi connectivity index (χ1v) is 11.1. The zero-order chi connectivity index (χ0) is 19.9. The third kappa shape index (κ3) is 5.08. The number of benzene rings is 1. The first kappa shape index (κ1) is 21.2. The molecule has 2 aliphatic carbocycles. The standard InChI is InChI=1S/C24H36O4/c1-3-4-5-6-7-8-11-19-20-13-17-10-9-12-23(28-16-24(26)27-2)21(17)14-18(20)15-22(19)25/h9-10,12,18-20,22,25H,3-8,11,13-16H2,1-2H3/t18-,19+,20-,22+/m0/s1. The smallest absolute Gasteiger partial charge is 0.343 e. The van der Waals surface area contributed by atoms with Crippen molar-refractivity contribution < 1.29 is 19.4 Å². The molecule has 0 bridgehead atoms. The monoisotopic (exact) mass is 388 g/mol. The summed E-state index contributed by atoms with van der Waals surface area (Å²) in [5, 5.41) is 10.7. The van der Waals surface area contributed by atoms with Crippen molar-refractivity contribution in [1.82, 2.24) is 0 Å². The van der Waals surface area contributed by atoms with Crippen LogP contribution in [0, 0.1) is 17.8 Å². The summed E-state index contributed by atoms with van der Waals surface area (Å²) in [7, 11) is 1.38. The number of hydrogen-bond donors (Lipinski definition) is 1. The molecule has 0 unspecified atom stereocenters. The lowest BCUT2D eigenvalue weighted by atomic mass is 9.73. The SMILES string of the molecule is CCCCCCCC[C@@H]1[C@H]2Cc3cccc(OCC(=O)OC)c3C[C@H]2C[C@H]1O. The minimum Gasteiger partial charge on any atom is -0.482 e. The van der Waals surface area contributed by atoms with Crippen molar-refractivity contribution in [2.75, 3.05) is 13.7 Å². The van der Waals surface area contributed by atoms with Crippen LogP contribution in [-0.4, -0.2) is 30.9 Å². The Balaban J connectivity index is 1.59. The molecule has 2 aliphatic rings. The van der Waals surface area contributed by atoms with Gasteiger partial charge in [0.25, 0.3) is 0 Å². The molecule has 4 nitrogen and oxygen atoms in total. The van der Waals surface area contributed by atoms with Gasteiger partial charge in [0.15, 0.2) is 6.61 Å². The van der Waals surface area contributed by atoms with E-state index < -0.39 is 0 Å². The molecule has 0 saturated heterocycles. The van der Waals surface area contributed by atoms with E-state index in [0.29, 0.717) is 17.8 Å². The third-order valence-corrected chi connectivity index (χ3v) is 6.81. The summed E-state index contributed by atoms with van der Waals surface area (Å²) < 4.78 is 10.4. The third-order valence-electron chi connectivity index (χ3n) is 6.81. The van der Waals surface area contributed by atoms with Crippen molar-refractivity contribution in [3.8, 4) is 5.75 Å². The zero-order valence-electron chi connectivity index (χ0n) is 17.5. The van der Waals surface area contributed by atoms with E-state index in [2.05, 4.69) is 17.7 Å². The second-order valence-electron chi connectivity index (χ2n) is 8.61. The van der Waals surface area contributed by atoms with Gasteiger partial charge in [0, 0.05) is 0 Å². The van der Waals surface area contributed by atoms with E-state index in [0.717, 1.165) is 31.4 Å². The highest BCUT2D eigenvalue weighted by atomic mass is 16.6. The van der Waals surface area contributed by atoms with E-state index in [9.17, 15) is 9.90 Å².